The van der Waals surface area contributed by atoms with Crippen LogP contribution in [0.3, 0.4) is 0 Å². The molecule has 2 aromatic rings. The Morgan fingerprint density at radius 2 is 2.00 bits per heavy atom. The van der Waals surface area contributed by atoms with Gasteiger partial charge in [0.05, 0.1) is 16.9 Å². The zero-order valence-electron chi connectivity index (χ0n) is 10.1. The third-order valence-corrected chi connectivity index (χ3v) is 2.50. The van der Waals surface area contributed by atoms with Crippen LogP contribution in [-0.4, -0.2) is 22.0 Å². The van der Waals surface area contributed by atoms with Gasteiger partial charge in [0.15, 0.2) is 0 Å². The van der Waals surface area contributed by atoms with Gasteiger partial charge in [-0.25, -0.2) is 9.18 Å². The molecule has 2 rings (SSSR count). The molecule has 0 fully saturated rings. The second kappa shape index (κ2) is 5.35. The lowest BCUT2D eigenvalue weighted by molar-refractivity contribution is 0.0696. The molecule has 0 radical (unpaired) electrons. The molecule has 7 heteroatoms. The van der Waals surface area contributed by atoms with Crippen LogP contribution in [0.5, 0.6) is 0 Å². The van der Waals surface area contributed by atoms with Crippen molar-refractivity contribution in [1.29, 1.82) is 0 Å². The van der Waals surface area contributed by atoms with Gasteiger partial charge < -0.3 is 16.2 Å². The Morgan fingerprint density at radius 3 is 2.55 bits per heavy atom. The zero-order valence-corrected chi connectivity index (χ0v) is 10.1. The summed E-state index contributed by atoms with van der Waals surface area (Å²) in [6.07, 6.45) is 1.07. The number of nitrogen functional groups attached to an aromatic ring is 1. The number of carbonyl (C=O) groups excluding carboxylic acids is 1. The molecule has 1 amide bonds. The number of aromatic carboxylic acids is 1. The SMILES string of the molecule is Nc1cc(F)ccc1NC(=O)c1ccc(C(=O)O)cn1. The van der Waals surface area contributed by atoms with Gasteiger partial charge in [-0.05, 0) is 30.3 Å². The number of halogens is 1. The highest BCUT2D eigenvalue weighted by Crippen LogP contribution is 2.19. The highest BCUT2D eigenvalue weighted by molar-refractivity contribution is 6.04. The number of nitrogens with one attached hydrogen (secondary N) is 1. The number of carbonyl (C=O) groups is 2. The number of benzene rings is 1. The van der Waals surface area contributed by atoms with Crippen LogP contribution >= 0.6 is 0 Å². The lowest BCUT2D eigenvalue weighted by Gasteiger charge is -2.07. The molecule has 102 valence electrons. The van der Waals surface area contributed by atoms with Crippen molar-refractivity contribution in [2.24, 2.45) is 0 Å². The predicted molar refractivity (Wildman–Crippen MR) is 70.0 cm³/mol. The number of aromatic nitrogens is 1. The van der Waals surface area contributed by atoms with Crippen LogP contribution in [0.4, 0.5) is 15.8 Å². The smallest absolute Gasteiger partial charge is 0.337 e. The predicted octanol–water partition coefficient (Wildman–Crippen LogP) is 1.75. The Labute approximate surface area is 113 Å². The average Bonchev–Trinajstić information content (AvgIpc) is 2.42. The molecule has 0 spiro atoms. The molecule has 20 heavy (non-hydrogen) atoms. The number of amides is 1. The summed E-state index contributed by atoms with van der Waals surface area (Å²) in [7, 11) is 0. The summed E-state index contributed by atoms with van der Waals surface area (Å²) in [6, 6.07) is 6.11. The maximum atomic E-state index is 12.9. The van der Waals surface area contributed by atoms with E-state index in [1.165, 1.54) is 18.2 Å². The lowest BCUT2D eigenvalue weighted by Crippen LogP contribution is -2.15. The fourth-order valence-corrected chi connectivity index (χ4v) is 1.49. The van der Waals surface area contributed by atoms with Crippen LogP contribution in [0, 0.1) is 5.82 Å². The maximum Gasteiger partial charge on any atom is 0.337 e. The standard InChI is InChI=1S/C13H10FN3O3/c14-8-2-4-10(9(15)5-8)17-12(18)11-3-1-7(6-16-11)13(19)20/h1-6H,15H2,(H,17,18)(H,19,20). The first-order chi connectivity index (χ1) is 9.47. The molecule has 0 bridgehead atoms. The number of pyridine rings is 1. The first kappa shape index (κ1) is 13.5. The number of anilines is 2. The van der Waals surface area contributed by atoms with Gasteiger partial charge in [-0.1, -0.05) is 0 Å². The van der Waals surface area contributed by atoms with E-state index in [0.717, 1.165) is 18.3 Å². The van der Waals surface area contributed by atoms with E-state index in [-0.39, 0.29) is 22.6 Å². The van der Waals surface area contributed by atoms with Gasteiger partial charge in [-0.3, -0.25) is 9.78 Å². The minimum atomic E-state index is -1.13. The summed E-state index contributed by atoms with van der Waals surface area (Å²) < 4.78 is 12.9. The molecule has 0 saturated carbocycles. The van der Waals surface area contributed by atoms with Crippen molar-refractivity contribution >= 4 is 23.3 Å². The van der Waals surface area contributed by atoms with Gasteiger partial charge in [0.2, 0.25) is 0 Å². The van der Waals surface area contributed by atoms with E-state index >= 15 is 0 Å². The van der Waals surface area contributed by atoms with Crippen LogP contribution in [0.1, 0.15) is 20.8 Å². The molecular weight excluding hydrogens is 265 g/mol. The van der Waals surface area contributed by atoms with Gasteiger partial charge in [0, 0.05) is 6.20 Å². The van der Waals surface area contributed by atoms with Crippen molar-refractivity contribution in [2.45, 2.75) is 0 Å². The molecule has 0 saturated heterocycles. The molecule has 1 heterocycles. The van der Waals surface area contributed by atoms with Crippen LogP contribution in [-0.2, 0) is 0 Å². The Bertz CT molecular complexity index is 671. The van der Waals surface area contributed by atoms with E-state index in [2.05, 4.69) is 10.3 Å². The summed E-state index contributed by atoms with van der Waals surface area (Å²) in [5.74, 6) is -2.21. The van der Waals surface area contributed by atoms with Crippen LogP contribution in [0.2, 0.25) is 0 Å². The van der Waals surface area contributed by atoms with Crippen LogP contribution < -0.4 is 11.1 Å². The van der Waals surface area contributed by atoms with Gasteiger partial charge >= 0.3 is 5.97 Å². The van der Waals surface area contributed by atoms with Gasteiger partial charge in [0.25, 0.3) is 5.91 Å². The van der Waals surface area contributed by atoms with Gasteiger partial charge in [-0.15, -0.1) is 0 Å². The van der Waals surface area contributed by atoms with Crippen LogP contribution in [0.25, 0.3) is 0 Å². The van der Waals surface area contributed by atoms with E-state index in [4.69, 9.17) is 10.8 Å². The van der Waals surface area contributed by atoms with Crippen molar-refractivity contribution in [3.05, 3.63) is 53.6 Å². The molecule has 0 aliphatic heterocycles. The first-order valence-electron chi connectivity index (χ1n) is 5.53. The van der Waals surface area contributed by atoms with E-state index < -0.39 is 17.7 Å². The quantitative estimate of drug-likeness (QED) is 0.740. The van der Waals surface area contributed by atoms with Crippen molar-refractivity contribution in [3.8, 4) is 0 Å². The van der Waals surface area contributed by atoms with Crippen molar-refractivity contribution < 1.29 is 19.1 Å². The van der Waals surface area contributed by atoms with Gasteiger partial charge in [0.1, 0.15) is 11.5 Å². The molecule has 0 atom stereocenters. The normalized spacial score (nSPS) is 10.1. The summed E-state index contributed by atoms with van der Waals surface area (Å²) in [5, 5.41) is 11.2. The Morgan fingerprint density at radius 1 is 1.25 bits per heavy atom. The summed E-state index contributed by atoms with van der Waals surface area (Å²) in [5.41, 5.74) is 5.89. The van der Waals surface area contributed by atoms with Crippen LogP contribution in [0.15, 0.2) is 36.5 Å². The zero-order chi connectivity index (χ0) is 14.7. The van der Waals surface area contributed by atoms with E-state index in [9.17, 15) is 14.0 Å². The largest absolute Gasteiger partial charge is 0.478 e. The molecule has 6 nitrogen and oxygen atoms in total. The third-order valence-electron chi connectivity index (χ3n) is 2.50. The fourth-order valence-electron chi connectivity index (χ4n) is 1.49. The monoisotopic (exact) mass is 275 g/mol. The summed E-state index contributed by atoms with van der Waals surface area (Å²) >= 11 is 0. The number of rotatable bonds is 3. The van der Waals surface area contributed by atoms with Crippen molar-refractivity contribution in [3.63, 3.8) is 0 Å². The fraction of sp³-hybridized carbons (Fsp3) is 0. The number of nitrogens with two attached hydrogens (primary N) is 1. The Balaban J connectivity index is 2.17. The highest BCUT2D eigenvalue weighted by atomic mass is 19.1. The minimum absolute atomic E-state index is 0.0251. The summed E-state index contributed by atoms with van der Waals surface area (Å²) in [4.78, 5) is 26.3. The minimum Gasteiger partial charge on any atom is -0.478 e. The first-order valence-corrected chi connectivity index (χ1v) is 5.53. The lowest BCUT2D eigenvalue weighted by atomic mass is 10.2. The Kier molecular flexibility index (Phi) is 3.60. The van der Waals surface area contributed by atoms with E-state index in [1.54, 1.807) is 0 Å². The number of hydrogen-bond donors (Lipinski definition) is 3. The van der Waals surface area contributed by atoms with E-state index in [1.807, 2.05) is 0 Å². The second-order valence-corrected chi connectivity index (χ2v) is 3.92. The summed E-state index contributed by atoms with van der Waals surface area (Å²) in [6.45, 7) is 0. The number of nitrogens with zero attached hydrogens (tertiary/aromatic N) is 1. The Hall–Kier alpha value is -2.96. The van der Waals surface area contributed by atoms with Crippen molar-refractivity contribution in [1.82, 2.24) is 4.98 Å². The average molecular weight is 275 g/mol. The van der Waals surface area contributed by atoms with Gasteiger partial charge in [-0.2, -0.15) is 0 Å². The molecule has 4 N–H and O–H groups in total. The van der Waals surface area contributed by atoms with Crippen molar-refractivity contribution in [2.75, 3.05) is 11.1 Å². The molecule has 0 unspecified atom stereocenters. The number of hydrogen-bond acceptors (Lipinski definition) is 4. The topological polar surface area (TPSA) is 105 Å². The molecule has 0 aliphatic carbocycles. The number of carboxylic acid groups (broad SMARTS) is 1. The molecule has 0 aliphatic rings. The number of carboxylic acids is 1. The maximum absolute atomic E-state index is 12.9. The third kappa shape index (κ3) is 2.89. The molecule has 1 aromatic heterocycles. The highest BCUT2D eigenvalue weighted by Gasteiger charge is 2.11. The van der Waals surface area contributed by atoms with E-state index in [0.29, 0.717) is 0 Å². The molecule has 1 aromatic carbocycles. The molecular formula is C13H10FN3O3. The second-order valence-electron chi connectivity index (χ2n) is 3.92.